The Morgan fingerprint density at radius 3 is 2.61 bits per heavy atom. The van der Waals surface area contributed by atoms with Crippen LogP contribution in [0, 0.1) is 17.1 Å². The van der Waals surface area contributed by atoms with Gasteiger partial charge in [0.05, 0.1) is 11.1 Å². The molecule has 0 unspecified atom stereocenters. The number of hydrogen-bond donors (Lipinski definition) is 1. The van der Waals surface area contributed by atoms with E-state index in [1.807, 2.05) is 0 Å². The Hall–Kier alpha value is -2.67. The molecule has 0 aliphatic rings. The lowest BCUT2D eigenvalue weighted by atomic mass is 10.0. The Kier molecular flexibility index (Phi) is 3.07. The van der Waals surface area contributed by atoms with E-state index in [-0.39, 0.29) is 16.7 Å². The minimum Gasteiger partial charge on any atom is -0.478 e. The molecule has 0 atom stereocenters. The van der Waals surface area contributed by atoms with Crippen molar-refractivity contribution >= 4 is 5.97 Å². The molecule has 1 N–H and O–H groups in total. The number of benzene rings is 2. The average Bonchev–Trinajstić information content (AvgIpc) is 2.39. The maximum absolute atomic E-state index is 13.9. The fourth-order valence-electron chi connectivity index (χ4n) is 1.66. The lowest BCUT2D eigenvalue weighted by Gasteiger charge is -2.05. The van der Waals surface area contributed by atoms with Crippen LogP contribution in [0.2, 0.25) is 0 Å². The quantitative estimate of drug-likeness (QED) is 0.878. The van der Waals surface area contributed by atoms with Crippen LogP contribution in [0.15, 0.2) is 42.5 Å². The normalized spacial score (nSPS) is 9.78. The molecule has 0 radical (unpaired) electrons. The first-order valence-corrected chi connectivity index (χ1v) is 5.16. The molecule has 0 aliphatic carbocycles. The molecule has 2 rings (SSSR count). The van der Waals surface area contributed by atoms with Gasteiger partial charge in [-0.1, -0.05) is 24.3 Å². The zero-order valence-corrected chi connectivity index (χ0v) is 9.22. The average molecular weight is 241 g/mol. The van der Waals surface area contributed by atoms with Crippen molar-refractivity contribution in [2.45, 2.75) is 0 Å². The lowest BCUT2D eigenvalue weighted by molar-refractivity contribution is 0.0697. The van der Waals surface area contributed by atoms with Gasteiger partial charge in [0.1, 0.15) is 11.9 Å². The predicted molar refractivity (Wildman–Crippen MR) is 63.5 cm³/mol. The SMILES string of the molecule is N#Cc1cccc(-c2cccc(C(=O)O)c2)c1F. The van der Waals surface area contributed by atoms with E-state index >= 15 is 0 Å². The Morgan fingerprint density at radius 1 is 1.22 bits per heavy atom. The van der Waals surface area contributed by atoms with Crippen molar-refractivity contribution in [2.24, 2.45) is 0 Å². The third kappa shape index (κ3) is 2.06. The minimum atomic E-state index is -1.08. The van der Waals surface area contributed by atoms with Crippen LogP contribution in [0.25, 0.3) is 11.1 Å². The number of carboxylic acids is 1. The summed E-state index contributed by atoms with van der Waals surface area (Å²) in [6.45, 7) is 0. The van der Waals surface area contributed by atoms with Gasteiger partial charge in [0.25, 0.3) is 0 Å². The number of halogens is 1. The summed E-state index contributed by atoms with van der Waals surface area (Å²) in [7, 11) is 0. The van der Waals surface area contributed by atoms with Crippen LogP contribution in [-0.4, -0.2) is 11.1 Å². The smallest absolute Gasteiger partial charge is 0.335 e. The first-order valence-electron chi connectivity index (χ1n) is 5.16. The molecule has 0 amide bonds. The van der Waals surface area contributed by atoms with Crippen molar-refractivity contribution in [3.05, 3.63) is 59.4 Å². The van der Waals surface area contributed by atoms with Gasteiger partial charge < -0.3 is 5.11 Å². The van der Waals surface area contributed by atoms with Gasteiger partial charge in [-0.25, -0.2) is 9.18 Å². The van der Waals surface area contributed by atoms with Crippen LogP contribution in [0.5, 0.6) is 0 Å². The molecule has 0 saturated heterocycles. The summed E-state index contributed by atoms with van der Waals surface area (Å²) in [6.07, 6.45) is 0. The van der Waals surface area contributed by atoms with Gasteiger partial charge in [0.2, 0.25) is 0 Å². The number of carbonyl (C=O) groups is 1. The van der Waals surface area contributed by atoms with Crippen molar-refractivity contribution in [3.63, 3.8) is 0 Å². The molecule has 0 aromatic heterocycles. The Labute approximate surface area is 103 Å². The van der Waals surface area contributed by atoms with Crippen molar-refractivity contribution in [2.75, 3.05) is 0 Å². The first-order chi connectivity index (χ1) is 8.63. The van der Waals surface area contributed by atoms with E-state index in [9.17, 15) is 9.18 Å². The standard InChI is InChI=1S/C14H8FNO2/c15-13-11(8-16)5-2-6-12(13)9-3-1-4-10(7-9)14(17)18/h1-7H,(H,17,18). The molecular formula is C14H8FNO2. The van der Waals surface area contributed by atoms with Crippen molar-refractivity contribution < 1.29 is 14.3 Å². The summed E-state index contributed by atoms with van der Waals surface area (Å²) < 4.78 is 13.9. The second-order valence-electron chi connectivity index (χ2n) is 3.66. The number of carboxylic acid groups (broad SMARTS) is 1. The molecule has 3 nitrogen and oxygen atoms in total. The zero-order valence-electron chi connectivity index (χ0n) is 9.22. The van der Waals surface area contributed by atoms with Gasteiger partial charge >= 0.3 is 5.97 Å². The van der Waals surface area contributed by atoms with Crippen LogP contribution in [0.1, 0.15) is 15.9 Å². The molecule has 88 valence electrons. The largest absolute Gasteiger partial charge is 0.478 e. The molecule has 0 fully saturated rings. The molecule has 4 heteroatoms. The van der Waals surface area contributed by atoms with Gasteiger partial charge in [-0.05, 0) is 23.8 Å². The maximum Gasteiger partial charge on any atom is 0.335 e. The summed E-state index contributed by atoms with van der Waals surface area (Å²) in [5.74, 6) is -1.71. The number of aromatic carboxylic acids is 1. The third-order valence-corrected chi connectivity index (χ3v) is 2.54. The summed E-state index contributed by atoms with van der Waals surface area (Å²) in [4.78, 5) is 10.8. The molecule has 0 bridgehead atoms. The van der Waals surface area contributed by atoms with Gasteiger partial charge in [-0.2, -0.15) is 5.26 Å². The van der Waals surface area contributed by atoms with Crippen LogP contribution < -0.4 is 0 Å². The summed E-state index contributed by atoms with van der Waals surface area (Å²) in [5, 5.41) is 17.6. The van der Waals surface area contributed by atoms with E-state index in [1.165, 1.54) is 30.3 Å². The van der Waals surface area contributed by atoms with Crippen LogP contribution in [0.4, 0.5) is 4.39 Å². The van der Waals surface area contributed by atoms with E-state index in [0.29, 0.717) is 5.56 Å². The first kappa shape index (κ1) is 11.8. The van der Waals surface area contributed by atoms with E-state index in [2.05, 4.69) is 0 Å². The fourth-order valence-corrected chi connectivity index (χ4v) is 1.66. The third-order valence-electron chi connectivity index (χ3n) is 2.54. The van der Waals surface area contributed by atoms with Crippen LogP contribution in [0.3, 0.4) is 0 Å². The summed E-state index contributed by atoms with van der Waals surface area (Å²) in [6, 6.07) is 12.1. The van der Waals surface area contributed by atoms with Crippen molar-refractivity contribution in [1.29, 1.82) is 5.26 Å². The number of hydrogen-bond acceptors (Lipinski definition) is 2. The van der Waals surface area contributed by atoms with Crippen molar-refractivity contribution in [1.82, 2.24) is 0 Å². The second-order valence-corrected chi connectivity index (χ2v) is 3.66. The summed E-state index contributed by atoms with van der Waals surface area (Å²) >= 11 is 0. The van der Waals surface area contributed by atoms with E-state index in [4.69, 9.17) is 10.4 Å². The molecule has 0 spiro atoms. The van der Waals surface area contributed by atoms with E-state index in [0.717, 1.165) is 0 Å². The highest BCUT2D eigenvalue weighted by Crippen LogP contribution is 2.25. The molecule has 2 aromatic carbocycles. The topological polar surface area (TPSA) is 61.1 Å². The summed E-state index contributed by atoms with van der Waals surface area (Å²) in [5.41, 5.74) is 0.670. The Bertz CT molecular complexity index is 659. The van der Waals surface area contributed by atoms with E-state index < -0.39 is 11.8 Å². The Balaban J connectivity index is 2.59. The fraction of sp³-hybridized carbons (Fsp3) is 0. The molecule has 18 heavy (non-hydrogen) atoms. The van der Waals surface area contributed by atoms with Gasteiger partial charge in [-0.3, -0.25) is 0 Å². The minimum absolute atomic E-state index is 0.0618. The second kappa shape index (κ2) is 4.68. The van der Waals surface area contributed by atoms with Gasteiger partial charge in [0, 0.05) is 5.56 Å². The van der Waals surface area contributed by atoms with Gasteiger partial charge in [0.15, 0.2) is 0 Å². The lowest BCUT2D eigenvalue weighted by Crippen LogP contribution is -1.96. The molecule has 0 saturated carbocycles. The van der Waals surface area contributed by atoms with Crippen LogP contribution in [-0.2, 0) is 0 Å². The highest BCUT2D eigenvalue weighted by Gasteiger charge is 2.11. The molecule has 0 aliphatic heterocycles. The molecule has 0 heterocycles. The van der Waals surface area contributed by atoms with Gasteiger partial charge in [-0.15, -0.1) is 0 Å². The van der Waals surface area contributed by atoms with Crippen molar-refractivity contribution in [3.8, 4) is 17.2 Å². The Morgan fingerprint density at radius 2 is 1.94 bits per heavy atom. The monoisotopic (exact) mass is 241 g/mol. The maximum atomic E-state index is 13.9. The highest BCUT2D eigenvalue weighted by molar-refractivity contribution is 5.89. The van der Waals surface area contributed by atoms with E-state index in [1.54, 1.807) is 18.2 Å². The predicted octanol–water partition coefficient (Wildman–Crippen LogP) is 3.06. The number of rotatable bonds is 2. The number of nitriles is 1. The molecule has 2 aromatic rings. The highest BCUT2D eigenvalue weighted by atomic mass is 19.1. The number of nitrogens with zero attached hydrogens (tertiary/aromatic N) is 1. The molecular weight excluding hydrogens is 233 g/mol. The zero-order chi connectivity index (χ0) is 13.1. The van der Waals surface area contributed by atoms with Crippen LogP contribution >= 0.6 is 0 Å².